The molecule has 0 bridgehead atoms. The summed E-state index contributed by atoms with van der Waals surface area (Å²) in [5.41, 5.74) is 0.553. The highest BCUT2D eigenvalue weighted by molar-refractivity contribution is 6.77. The molecule has 0 aliphatic heterocycles. The molecule has 1 aliphatic carbocycles. The van der Waals surface area contributed by atoms with Gasteiger partial charge in [-0.05, 0) is 17.9 Å². The van der Waals surface area contributed by atoms with Gasteiger partial charge in [0.05, 0.1) is 14.2 Å². The van der Waals surface area contributed by atoms with Crippen LogP contribution in [0.2, 0.25) is 25.2 Å². The minimum atomic E-state index is -1.16. The van der Waals surface area contributed by atoms with Crippen molar-refractivity contribution in [2.24, 2.45) is 5.92 Å². The smallest absolute Gasteiger partial charge is 0.0607 e. The van der Waals surface area contributed by atoms with E-state index in [1.807, 2.05) is 0 Å². The average Bonchev–Trinajstić information content (AvgIpc) is 1.92. The lowest BCUT2D eigenvalue weighted by molar-refractivity contribution is 0.121. The Hall–Kier alpha value is -0.0831. The minimum absolute atomic E-state index is 0.0957. The van der Waals surface area contributed by atoms with Crippen molar-refractivity contribution in [1.29, 1.82) is 0 Å². The average molecular weight is 184 g/mol. The minimum Gasteiger partial charge on any atom is -0.393 e. The number of hydrogen-bond donors (Lipinski definition) is 1. The van der Waals surface area contributed by atoms with E-state index in [-0.39, 0.29) is 6.10 Å². The number of aliphatic hydroxyl groups excluding tert-OH is 1. The molecule has 1 N–H and O–H groups in total. The first kappa shape index (κ1) is 10.0. The Kier molecular flexibility index (Phi) is 2.79. The van der Waals surface area contributed by atoms with Gasteiger partial charge in [-0.3, -0.25) is 0 Å². The predicted molar refractivity (Wildman–Crippen MR) is 56.0 cm³/mol. The van der Waals surface area contributed by atoms with E-state index in [0.717, 1.165) is 6.42 Å². The van der Waals surface area contributed by atoms with E-state index in [9.17, 15) is 5.11 Å². The monoisotopic (exact) mass is 184 g/mol. The topological polar surface area (TPSA) is 20.2 Å². The van der Waals surface area contributed by atoms with Crippen molar-refractivity contribution in [2.75, 3.05) is 0 Å². The maximum absolute atomic E-state index is 9.96. The summed E-state index contributed by atoms with van der Waals surface area (Å²) in [6.07, 6.45) is 5.37. The zero-order valence-electron chi connectivity index (χ0n) is 8.54. The van der Waals surface area contributed by atoms with Crippen LogP contribution in [0.3, 0.4) is 0 Å². The summed E-state index contributed by atoms with van der Waals surface area (Å²) >= 11 is 0. The van der Waals surface area contributed by atoms with Gasteiger partial charge in [-0.1, -0.05) is 38.7 Å². The van der Waals surface area contributed by atoms with Crippen molar-refractivity contribution in [1.82, 2.24) is 0 Å². The molecule has 2 heteroatoms. The highest BCUT2D eigenvalue weighted by Gasteiger charge is 2.35. The van der Waals surface area contributed by atoms with Crippen LogP contribution in [0.5, 0.6) is 0 Å². The Bertz CT molecular complexity index is 181. The highest BCUT2D eigenvalue weighted by atomic mass is 28.3. The van der Waals surface area contributed by atoms with Gasteiger partial charge >= 0.3 is 0 Å². The van der Waals surface area contributed by atoms with Gasteiger partial charge in [0, 0.05) is 0 Å². The van der Waals surface area contributed by atoms with Gasteiger partial charge < -0.3 is 5.11 Å². The molecule has 0 aromatic rings. The lowest BCUT2D eigenvalue weighted by atomic mass is 9.94. The summed E-state index contributed by atoms with van der Waals surface area (Å²) < 4.78 is 0. The molecule has 0 heterocycles. The second kappa shape index (κ2) is 3.34. The van der Waals surface area contributed by atoms with Crippen LogP contribution >= 0.6 is 0 Å². The Morgan fingerprint density at radius 3 is 2.33 bits per heavy atom. The number of allylic oxidation sites excluding steroid dienone is 1. The van der Waals surface area contributed by atoms with E-state index in [1.54, 1.807) is 0 Å². The van der Waals surface area contributed by atoms with E-state index >= 15 is 0 Å². The van der Waals surface area contributed by atoms with Crippen LogP contribution in [0.15, 0.2) is 12.2 Å². The maximum atomic E-state index is 9.96. The molecule has 0 aromatic carbocycles. The molecule has 0 amide bonds. The molecule has 0 radical (unpaired) electrons. The van der Waals surface area contributed by atoms with E-state index in [2.05, 4.69) is 38.7 Å². The standard InChI is InChI=1S/C10H20OSi/c1-8-6-5-7-9(10(8)11)12(2,3)4/h5-6,8-11H,7H2,1-4H3/t8-,9-,10-/m0/s1. The van der Waals surface area contributed by atoms with Crippen LogP contribution in [-0.2, 0) is 0 Å². The third kappa shape index (κ3) is 1.99. The molecule has 70 valence electrons. The van der Waals surface area contributed by atoms with Crippen molar-refractivity contribution in [3.05, 3.63) is 12.2 Å². The van der Waals surface area contributed by atoms with Gasteiger partial charge in [0.25, 0.3) is 0 Å². The Morgan fingerprint density at radius 2 is 1.92 bits per heavy atom. The largest absolute Gasteiger partial charge is 0.393 e. The van der Waals surface area contributed by atoms with Gasteiger partial charge in [-0.15, -0.1) is 0 Å². The molecular formula is C10H20OSi. The molecule has 1 nitrogen and oxygen atoms in total. The van der Waals surface area contributed by atoms with Crippen molar-refractivity contribution in [3.8, 4) is 0 Å². The zero-order chi connectivity index (χ0) is 9.35. The quantitative estimate of drug-likeness (QED) is 0.491. The summed E-state index contributed by atoms with van der Waals surface area (Å²) in [6, 6.07) is 0. The third-order valence-electron chi connectivity index (χ3n) is 2.89. The number of rotatable bonds is 1. The third-order valence-corrected chi connectivity index (χ3v) is 5.69. The molecule has 0 aromatic heterocycles. The predicted octanol–water partition coefficient (Wildman–Crippen LogP) is 2.65. The van der Waals surface area contributed by atoms with Gasteiger partial charge in [0.2, 0.25) is 0 Å². The van der Waals surface area contributed by atoms with Crippen molar-refractivity contribution in [2.45, 2.75) is 44.6 Å². The normalized spacial score (nSPS) is 36.9. The lowest BCUT2D eigenvalue weighted by Gasteiger charge is -2.37. The van der Waals surface area contributed by atoms with Crippen molar-refractivity contribution >= 4 is 8.07 Å². The van der Waals surface area contributed by atoms with Crippen LogP contribution in [-0.4, -0.2) is 19.3 Å². The molecule has 0 fully saturated rings. The number of hydrogen-bond acceptors (Lipinski definition) is 1. The maximum Gasteiger partial charge on any atom is 0.0607 e. The Balaban J connectivity index is 2.74. The number of aliphatic hydroxyl groups is 1. The molecule has 0 saturated heterocycles. The van der Waals surface area contributed by atoms with Gasteiger partial charge in [0.1, 0.15) is 0 Å². The second-order valence-electron chi connectivity index (χ2n) is 4.99. The van der Waals surface area contributed by atoms with Gasteiger partial charge in [-0.2, -0.15) is 0 Å². The summed E-state index contributed by atoms with van der Waals surface area (Å²) in [5, 5.41) is 9.96. The van der Waals surface area contributed by atoms with Gasteiger partial charge in [-0.25, -0.2) is 0 Å². The SMILES string of the molecule is C[C@H]1C=CC[C@H]([Si](C)(C)C)[C@H]1O. The summed E-state index contributed by atoms with van der Waals surface area (Å²) in [4.78, 5) is 0. The Morgan fingerprint density at radius 1 is 1.33 bits per heavy atom. The molecular weight excluding hydrogens is 164 g/mol. The fourth-order valence-corrected chi connectivity index (χ4v) is 4.10. The van der Waals surface area contributed by atoms with E-state index in [0.29, 0.717) is 11.5 Å². The van der Waals surface area contributed by atoms with E-state index in [4.69, 9.17) is 0 Å². The fourth-order valence-electron chi connectivity index (χ4n) is 1.93. The molecule has 0 unspecified atom stereocenters. The van der Waals surface area contributed by atoms with E-state index in [1.165, 1.54) is 0 Å². The first-order chi connectivity index (χ1) is 5.43. The molecule has 0 saturated carbocycles. The first-order valence-corrected chi connectivity index (χ1v) is 8.35. The second-order valence-corrected chi connectivity index (χ2v) is 10.5. The molecule has 1 aliphatic rings. The van der Waals surface area contributed by atoms with Crippen LogP contribution in [0, 0.1) is 5.92 Å². The van der Waals surface area contributed by atoms with Crippen LogP contribution < -0.4 is 0 Å². The van der Waals surface area contributed by atoms with Crippen LogP contribution in [0.4, 0.5) is 0 Å². The molecule has 1 rings (SSSR count). The van der Waals surface area contributed by atoms with E-state index < -0.39 is 8.07 Å². The zero-order valence-corrected chi connectivity index (χ0v) is 9.54. The summed E-state index contributed by atoms with van der Waals surface area (Å²) in [7, 11) is -1.16. The van der Waals surface area contributed by atoms with Gasteiger partial charge in [0.15, 0.2) is 0 Å². The Labute approximate surface area is 76.5 Å². The summed E-state index contributed by atoms with van der Waals surface area (Å²) in [5.74, 6) is 0.357. The lowest BCUT2D eigenvalue weighted by Crippen LogP contribution is -2.40. The molecule has 3 atom stereocenters. The van der Waals surface area contributed by atoms with Crippen molar-refractivity contribution < 1.29 is 5.11 Å². The van der Waals surface area contributed by atoms with Crippen LogP contribution in [0.25, 0.3) is 0 Å². The first-order valence-electron chi connectivity index (χ1n) is 4.77. The van der Waals surface area contributed by atoms with Crippen LogP contribution in [0.1, 0.15) is 13.3 Å². The molecule has 0 spiro atoms. The van der Waals surface area contributed by atoms with Crippen molar-refractivity contribution in [3.63, 3.8) is 0 Å². The summed E-state index contributed by atoms with van der Waals surface area (Å²) in [6.45, 7) is 9.12. The molecule has 12 heavy (non-hydrogen) atoms. The highest BCUT2D eigenvalue weighted by Crippen LogP contribution is 2.36. The fraction of sp³-hybridized carbons (Fsp3) is 0.800.